The van der Waals surface area contributed by atoms with Gasteiger partial charge in [0.2, 0.25) is 11.8 Å². The van der Waals surface area contributed by atoms with E-state index in [2.05, 4.69) is 29.0 Å². The van der Waals surface area contributed by atoms with Crippen LogP contribution in [-0.2, 0) is 19.1 Å². The maximum Gasteiger partial charge on any atom is 0.221 e. The summed E-state index contributed by atoms with van der Waals surface area (Å²) in [4.78, 5) is 27.2. The van der Waals surface area contributed by atoms with Crippen molar-refractivity contribution in [3.8, 4) is 0 Å². The molecule has 0 aromatic carbocycles. The summed E-state index contributed by atoms with van der Waals surface area (Å²) in [7, 11) is 0. The van der Waals surface area contributed by atoms with E-state index in [0.29, 0.717) is 45.1 Å². The van der Waals surface area contributed by atoms with Crippen molar-refractivity contribution in [3.05, 3.63) is 0 Å². The van der Waals surface area contributed by atoms with Gasteiger partial charge in [-0.1, -0.05) is 13.8 Å². The largest absolute Gasteiger partial charge is 0.379 e. The van der Waals surface area contributed by atoms with Crippen molar-refractivity contribution < 1.29 is 19.1 Å². The van der Waals surface area contributed by atoms with Crippen molar-refractivity contribution in [1.29, 1.82) is 0 Å². The first kappa shape index (κ1) is 23.8. The summed E-state index contributed by atoms with van der Waals surface area (Å²) < 4.78 is 10.9. The minimum Gasteiger partial charge on any atom is -0.379 e. The molecule has 8 nitrogen and oxygen atoms in total. The number of rotatable bonds is 15. The van der Waals surface area contributed by atoms with Gasteiger partial charge in [-0.15, -0.1) is 0 Å². The van der Waals surface area contributed by atoms with Gasteiger partial charge in [0, 0.05) is 65.3 Å². The molecule has 27 heavy (non-hydrogen) atoms. The van der Waals surface area contributed by atoms with E-state index in [9.17, 15) is 9.59 Å². The lowest BCUT2D eigenvalue weighted by Crippen LogP contribution is -2.47. The molecule has 1 fully saturated rings. The number of primary amides is 1. The SMILES string of the molecule is CC(C)CCOCCOCCNC(=O)CCN1CCN(CCC(N)=O)CC1. The van der Waals surface area contributed by atoms with E-state index in [-0.39, 0.29) is 11.8 Å². The molecule has 2 amide bonds. The van der Waals surface area contributed by atoms with Gasteiger partial charge in [-0.2, -0.15) is 0 Å². The van der Waals surface area contributed by atoms with Crippen molar-refractivity contribution in [3.63, 3.8) is 0 Å². The van der Waals surface area contributed by atoms with Gasteiger partial charge in [-0.05, 0) is 12.3 Å². The maximum atomic E-state index is 11.9. The van der Waals surface area contributed by atoms with Crippen LogP contribution in [0.3, 0.4) is 0 Å². The number of nitrogens with one attached hydrogen (secondary N) is 1. The summed E-state index contributed by atoms with van der Waals surface area (Å²) in [6.07, 6.45) is 1.98. The fourth-order valence-corrected chi connectivity index (χ4v) is 2.76. The van der Waals surface area contributed by atoms with Gasteiger partial charge in [0.05, 0.1) is 19.8 Å². The quantitative estimate of drug-likeness (QED) is 0.387. The minimum absolute atomic E-state index is 0.0583. The fraction of sp³-hybridized carbons (Fsp3) is 0.895. The predicted molar refractivity (Wildman–Crippen MR) is 105 cm³/mol. The standard InChI is InChI=1S/C19H38N4O4/c1-17(2)5-13-26-15-16-27-14-6-21-19(25)4-8-23-11-9-22(10-12-23)7-3-18(20)24/h17H,3-16H2,1-2H3,(H2,20,24)(H,21,25). The molecule has 0 radical (unpaired) electrons. The van der Waals surface area contributed by atoms with E-state index in [0.717, 1.165) is 52.3 Å². The molecule has 1 saturated heterocycles. The molecule has 3 N–H and O–H groups in total. The van der Waals surface area contributed by atoms with Crippen molar-refractivity contribution in [2.24, 2.45) is 11.7 Å². The van der Waals surface area contributed by atoms with E-state index in [1.54, 1.807) is 0 Å². The van der Waals surface area contributed by atoms with Crippen LogP contribution in [-0.4, -0.2) is 93.9 Å². The molecule has 0 saturated carbocycles. The molecule has 8 heteroatoms. The van der Waals surface area contributed by atoms with Crippen LogP contribution >= 0.6 is 0 Å². The zero-order chi connectivity index (χ0) is 19.9. The number of hydrogen-bond acceptors (Lipinski definition) is 6. The van der Waals surface area contributed by atoms with Crippen LogP contribution < -0.4 is 11.1 Å². The van der Waals surface area contributed by atoms with Gasteiger partial charge < -0.3 is 30.3 Å². The molecular weight excluding hydrogens is 348 g/mol. The molecule has 0 aliphatic carbocycles. The van der Waals surface area contributed by atoms with Gasteiger partial charge in [-0.3, -0.25) is 9.59 Å². The van der Waals surface area contributed by atoms with E-state index < -0.39 is 0 Å². The maximum absolute atomic E-state index is 11.9. The lowest BCUT2D eigenvalue weighted by molar-refractivity contribution is -0.122. The third-order valence-electron chi connectivity index (χ3n) is 4.57. The van der Waals surface area contributed by atoms with Crippen molar-refractivity contribution in [1.82, 2.24) is 15.1 Å². The number of carbonyl (C=O) groups excluding carboxylic acids is 2. The van der Waals surface area contributed by atoms with Crippen LogP contribution in [0.1, 0.15) is 33.1 Å². The van der Waals surface area contributed by atoms with Gasteiger partial charge >= 0.3 is 0 Å². The zero-order valence-corrected chi connectivity index (χ0v) is 17.1. The summed E-state index contributed by atoms with van der Waals surface area (Å²) in [5, 5.41) is 2.89. The average Bonchev–Trinajstić information content (AvgIpc) is 2.64. The second-order valence-corrected chi connectivity index (χ2v) is 7.41. The third-order valence-corrected chi connectivity index (χ3v) is 4.57. The molecule has 0 aromatic heterocycles. The molecule has 0 spiro atoms. The molecule has 0 atom stereocenters. The summed E-state index contributed by atoms with van der Waals surface area (Å²) in [6, 6.07) is 0. The second kappa shape index (κ2) is 14.8. The third kappa shape index (κ3) is 13.6. The van der Waals surface area contributed by atoms with Crippen LogP contribution in [0, 0.1) is 5.92 Å². The van der Waals surface area contributed by atoms with E-state index >= 15 is 0 Å². The Morgan fingerprint density at radius 1 is 0.926 bits per heavy atom. The van der Waals surface area contributed by atoms with Gasteiger partial charge in [0.15, 0.2) is 0 Å². The first-order valence-electron chi connectivity index (χ1n) is 10.1. The number of ether oxygens (including phenoxy) is 2. The molecule has 1 aliphatic heterocycles. The van der Waals surface area contributed by atoms with Crippen LogP contribution in [0.4, 0.5) is 0 Å². The molecule has 0 bridgehead atoms. The number of carbonyl (C=O) groups is 2. The Balaban J connectivity index is 1.91. The highest BCUT2D eigenvalue weighted by Crippen LogP contribution is 2.03. The van der Waals surface area contributed by atoms with E-state index in [4.69, 9.17) is 15.2 Å². The Hall–Kier alpha value is -1.22. The summed E-state index contributed by atoms with van der Waals surface area (Å²) in [5.74, 6) is 0.464. The summed E-state index contributed by atoms with van der Waals surface area (Å²) in [5.41, 5.74) is 5.18. The monoisotopic (exact) mass is 386 g/mol. The highest BCUT2D eigenvalue weighted by molar-refractivity contribution is 5.76. The number of amides is 2. The normalized spacial score (nSPS) is 16.0. The molecule has 1 rings (SSSR count). The van der Waals surface area contributed by atoms with Crippen molar-refractivity contribution >= 4 is 11.8 Å². The second-order valence-electron chi connectivity index (χ2n) is 7.41. The number of nitrogens with zero attached hydrogens (tertiary/aromatic N) is 2. The number of piperazine rings is 1. The molecule has 0 aromatic rings. The fourth-order valence-electron chi connectivity index (χ4n) is 2.76. The van der Waals surface area contributed by atoms with Gasteiger partial charge in [0.1, 0.15) is 0 Å². The molecular formula is C19H38N4O4. The van der Waals surface area contributed by atoms with E-state index in [1.165, 1.54) is 0 Å². The Morgan fingerprint density at radius 2 is 1.48 bits per heavy atom. The van der Waals surface area contributed by atoms with Gasteiger partial charge in [-0.25, -0.2) is 0 Å². The first-order valence-corrected chi connectivity index (χ1v) is 10.1. The smallest absolute Gasteiger partial charge is 0.221 e. The molecule has 158 valence electrons. The first-order chi connectivity index (χ1) is 13.0. The highest BCUT2D eigenvalue weighted by atomic mass is 16.5. The van der Waals surface area contributed by atoms with Crippen molar-refractivity contribution in [2.75, 3.05) is 72.2 Å². The van der Waals surface area contributed by atoms with Crippen LogP contribution in [0.25, 0.3) is 0 Å². The Kier molecular flexibility index (Phi) is 13.0. The molecule has 1 aliphatic rings. The Morgan fingerprint density at radius 3 is 2.04 bits per heavy atom. The Bertz CT molecular complexity index is 413. The topological polar surface area (TPSA) is 97.1 Å². The predicted octanol–water partition coefficient (Wildman–Crippen LogP) is 0.0650. The minimum atomic E-state index is -0.253. The Labute approximate surface area is 163 Å². The lowest BCUT2D eigenvalue weighted by Gasteiger charge is -2.34. The van der Waals surface area contributed by atoms with Crippen LogP contribution in [0.15, 0.2) is 0 Å². The summed E-state index contributed by atoms with van der Waals surface area (Å²) in [6.45, 7) is 12.5. The molecule has 1 heterocycles. The highest BCUT2D eigenvalue weighted by Gasteiger charge is 2.17. The molecule has 0 unspecified atom stereocenters. The summed E-state index contributed by atoms with van der Waals surface area (Å²) >= 11 is 0. The van der Waals surface area contributed by atoms with Crippen molar-refractivity contribution in [2.45, 2.75) is 33.1 Å². The van der Waals surface area contributed by atoms with Gasteiger partial charge in [0.25, 0.3) is 0 Å². The number of hydrogen-bond donors (Lipinski definition) is 2. The van der Waals surface area contributed by atoms with Crippen LogP contribution in [0.2, 0.25) is 0 Å². The average molecular weight is 387 g/mol. The lowest BCUT2D eigenvalue weighted by atomic mass is 10.1. The van der Waals surface area contributed by atoms with E-state index in [1.807, 2.05) is 0 Å². The zero-order valence-electron chi connectivity index (χ0n) is 17.1. The number of nitrogens with two attached hydrogens (primary N) is 1. The van der Waals surface area contributed by atoms with Crippen LogP contribution in [0.5, 0.6) is 0 Å².